The smallest absolute Gasteiger partial charge is 0.251 e. The molecule has 29 heavy (non-hydrogen) atoms. The fraction of sp³-hybridized carbons (Fsp3) is 0.130. The third-order valence-electron chi connectivity index (χ3n) is 4.77. The van der Waals surface area contributed by atoms with Gasteiger partial charge in [0.1, 0.15) is 11.6 Å². The molecule has 146 valence electrons. The zero-order valence-corrected chi connectivity index (χ0v) is 17.5. The molecule has 0 saturated carbocycles. The van der Waals surface area contributed by atoms with E-state index in [2.05, 4.69) is 25.8 Å². The van der Waals surface area contributed by atoms with Crippen molar-refractivity contribution in [3.05, 3.63) is 94.2 Å². The summed E-state index contributed by atoms with van der Waals surface area (Å²) in [6.45, 7) is 0.937. The van der Waals surface area contributed by atoms with Crippen LogP contribution in [-0.2, 0) is 13.1 Å². The van der Waals surface area contributed by atoms with Gasteiger partial charge in [-0.2, -0.15) is 0 Å². The molecule has 0 radical (unpaired) electrons. The van der Waals surface area contributed by atoms with E-state index in [0.29, 0.717) is 18.7 Å². The lowest BCUT2D eigenvalue weighted by atomic mass is 10.2. The van der Waals surface area contributed by atoms with E-state index in [1.165, 1.54) is 0 Å². The molecular formula is C23H20BrN3O2. The predicted molar refractivity (Wildman–Crippen MR) is 117 cm³/mol. The highest BCUT2D eigenvalue weighted by Gasteiger charge is 2.14. The molecule has 4 aromatic rings. The molecule has 0 bridgehead atoms. The highest BCUT2D eigenvalue weighted by Crippen LogP contribution is 2.23. The molecular weight excluding hydrogens is 430 g/mol. The van der Waals surface area contributed by atoms with Crippen molar-refractivity contribution in [2.24, 2.45) is 0 Å². The van der Waals surface area contributed by atoms with Gasteiger partial charge in [-0.25, -0.2) is 4.98 Å². The number of carbonyl (C=O) groups excluding carboxylic acids is 1. The van der Waals surface area contributed by atoms with E-state index in [4.69, 9.17) is 9.72 Å². The molecule has 0 fully saturated rings. The van der Waals surface area contributed by atoms with Crippen LogP contribution in [0.3, 0.4) is 0 Å². The Morgan fingerprint density at radius 2 is 1.76 bits per heavy atom. The third kappa shape index (κ3) is 4.17. The van der Waals surface area contributed by atoms with Gasteiger partial charge in [0.2, 0.25) is 0 Å². The lowest BCUT2D eigenvalue weighted by molar-refractivity contribution is 0.0949. The van der Waals surface area contributed by atoms with Gasteiger partial charge < -0.3 is 14.6 Å². The molecule has 1 N–H and O–H groups in total. The molecule has 1 heterocycles. The normalized spacial score (nSPS) is 10.8. The highest BCUT2D eigenvalue weighted by atomic mass is 79.9. The number of carbonyl (C=O) groups is 1. The van der Waals surface area contributed by atoms with Crippen LogP contribution in [0.15, 0.2) is 77.3 Å². The molecule has 0 aliphatic heterocycles. The summed E-state index contributed by atoms with van der Waals surface area (Å²) in [7, 11) is 1.67. The van der Waals surface area contributed by atoms with E-state index in [-0.39, 0.29) is 5.91 Å². The summed E-state index contributed by atoms with van der Waals surface area (Å²) in [4.78, 5) is 17.3. The predicted octanol–water partition coefficient (Wildman–Crippen LogP) is 4.79. The SMILES string of the molecule is COc1ccccc1Cn1c(CNC(=O)c2ccc(Br)cc2)nc2ccccc21. The molecule has 1 amide bonds. The Hall–Kier alpha value is -3.12. The highest BCUT2D eigenvalue weighted by molar-refractivity contribution is 9.10. The topological polar surface area (TPSA) is 56.1 Å². The molecule has 0 atom stereocenters. The Bertz CT molecular complexity index is 1150. The van der Waals surface area contributed by atoms with Gasteiger partial charge in [-0.15, -0.1) is 0 Å². The molecule has 1 aromatic heterocycles. The van der Waals surface area contributed by atoms with Crippen LogP contribution < -0.4 is 10.1 Å². The van der Waals surface area contributed by atoms with E-state index in [1.54, 1.807) is 19.2 Å². The van der Waals surface area contributed by atoms with Crippen LogP contribution in [0, 0.1) is 0 Å². The summed E-state index contributed by atoms with van der Waals surface area (Å²) < 4.78 is 8.56. The maximum Gasteiger partial charge on any atom is 0.251 e. The van der Waals surface area contributed by atoms with Gasteiger partial charge in [-0.05, 0) is 42.5 Å². The second kappa shape index (κ2) is 8.49. The molecule has 0 aliphatic rings. The first-order valence-corrected chi connectivity index (χ1v) is 10.0. The van der Waals surface area contributed by atoms with Gasteiger partial charge in [-0.3, -0.25) is 4.79 Å². The number of rotatable bonds is 6. The number of para-hydroxylation sites is 3. The Labute approximate surface area is 177 Å². The van der Waals surface area contributed by atoms with Gasteiger partial charge in [0.25, 0.3) is 5.91 Å². The van der Waals surface area contributed by atoms with Crippen LogP contribution in [0.1, 0.15) is 21.7 Å². The van der Waals surface area contributed by atoms with Crippen molar-refractivity contribution in [2.75, 3.05) is 7.11 Å². The summed E-state index contributed by atoms with van der Waals surface area (Å²) in [6, 6.07) is 23.2. The van der Waals surface area contributed by atoms with Crippen molar-refractivity contribution >= 4 is 32.9 Å². The standard InChI is InChI=1S/C23H20BrN3O2/c1-29-21-9-5-2-6-17(21)15-27-20-8-4-3-7-19(20)26-22(27)14-25-23(28)16-10-12-18(24)13-11-16/h2-13H,14-15H2,1H3,(H,25,28). The average Bonchev–Trinajstić information content (AvgIpc) is 3.10. The molecule has 0 aliphatic carbocycles. The molecule has 3 aromatic carbocycles. The van der Waals surface area contributed by atoms with Gasteiger partial charge in [0, 0.05) is 15.6 Å². The Balaban J connectivity index is 1.63. The number of halogens is 1. The van der Waals surface area contributed by atoms with Crippen molar-refractivity contribution in [1.82, 2.24) is 14.9 Å². The van der Waals surface area contributed by atoms with E-state index in [1.807, 2.05) is 60.7 Å². The summed E-state index contributed by atoms with van der Waals surface area (Å²) in [6.07, 6.45) is 0. The van der Waals surface area contributed by atoms with Gasteiger partial charge in [0.15, 0.2) is 0 Å². The number of ether oxygens (including phenoxy) is 1. The maximum atomic E-state index is 12.5. The van der Waals surface area contributed by atoms with E-state index < -0.39 is 0 Å². The minimum absolute atomic E-state index is 0.131. The van der Waals surface area contributed by atoms with Gasteiger partial charge in [0.05, 0.1) is 31.2 Å². The first kappa shape index (κ1) is 19.2. The lowest BCUT2D eigenvalue weighted by Crippen LogP contribution is -2.24. The second-order valence-corrected chi connectivity index (χ2v) is 7.52. The van der Waals surface area contributed by atoms with Crippen LogP contribution in [0.25, 0.3) is 11.0 Å². The molecule has 4 rings (SSSR count). The monoisotopic (exact) mass is 449 g/mol. The Morgan fingerprint density at radius 3 is 2.55 bits per heavy atom. The fourth-order valence-corrected chi connectivity index (χ4v) is 3.57. The molecule has 6 heteroatoms. The number of hydrogen-bond acceptors (Lipinski definition) is 3. The number of nitrogens with one attached hydrogen (secondary N) is 1. The second-order valence-electron chi connectivity index (χ2n) is 6.60. The number of methoxy groups -OCH3 is 1. The summed E-state index contributed by atoms with van der Waals surface area (Å²) in [5, 5.41) is 2.98. The van der Waals surface area contributed by atoms with Crippen LogP contribution in [0.5, 0.6) is 5.75 Å². The number of imidazole rings is 1. The minimum Gasteiger partial charge on any atom is -0.496 e. The zero-order chi connectivity index (χ0) is 20.2. The number of aromatic nitrogens is 2. The third-order valence-corrected chi connectivity index (χ3v) is 5.30. The molecule has 0 spiro atoms. The fourth-order valence-electron chi connectivity index (χ4n) is 3.30. The van der Waals surface area contributed by atoms with Crippen molar-refractivity contribution in [3.8, 4) is 5.75 Å². The van der Waals surface area contributed by atoms with Crippen molar-refractivity contribution in [3.63, 3.8) is 0 Å². The quantitative estimate of drug-likeness (QED) is 0.460. The van der Waals surface area contributed by atoms with Crippen molar-refractivity contribution in [1.29, 1.82) is 0 Å². The van der Waals surface area contributed by atoms with Crippen LogP contribution in [0.2, 0.25) is 0 Å². The number of amides is 1. The lowest BCUT2D eigenvalue weighted by Gasteiger charge is -2.13. The summed E-state index contributed by atoms with van der Waals surface area (Å²) in [5.74, 6) is 1.49. The van der Waals surface area contributed by atoms with Gasteiger partial charge >= 0.3 is 0 Å². The minimum atomic E-state index is -0.131. The number of nitrogens with zero attached hydrogens (tertiary/aromatic N) is 2. The largest absolute Gasteiger partial charge is 0.496 e. The Kier molecular flexibility index (Phi) is 5.62. The number of fused-ring (bicyclic) bond motifs is 1. The van der Waals surface area contributed by atoms with Crippen molar-refractivity contribution < 1.29 is 9.53 Å². The summed E-state index contributed by atoms with van der Waals surface area (Å²) in [5.41, 5.74) is 3.58. The van der Waals surface area contributed by atoms with Crippen molar-refractivity contribution in [2.45, 2.75) is 13.1 Å². The number of hydrogen-bond donors (Lipinski definition) is 1. The summed E-state index contributed by atoms with van der Waals surface area (Å²) >= 11 is 3.39. The number of benzene rings is 3. The zero-order valence-electron chi connectivity index (χ0n) is 15.9. The maximum absolute atomic E-state index is 12.5. The average molecular weight is 450 g/mol. The first-order chi connectivity index (χ1) is 14.2. The molecule has 0 unspecified atom stereocenters. The van der Waals surface area contributed by atoms with Crippen LogP contribution in [-0.4, -0.2) is 22.6 Å². The van der Waals surface area contributed by atoms with Gasteiger partial charge in [-0.1, -0.05) is 46.3 Å². The van der Waals surface area contributed by atoms with Crippen LogP contribution >= 0.6 is 15.9 Å². The van der Waals surface area contributed by atoms with E-state index in [0.717, 1.165) is 32.6 Å². The first-order valence-electron chi connectivity index (χ1n) is 9.25. The molecule has 5 nitrogen and oxygen atoms in total. The van der Waals surface area contributed by atoms with E-state index >= 15 is 0 Å². The van der Waals surface area contributed by atoms with E-state index in [9.17, 15) is 4.79 Å². The van der Waals surface area contributed by atoms with Crippen LogP contribution in [0.4, 0.5) is 0 Å². The Morgan fingerprint density at radius 1 is 1.03 bits per heavy atom. The molecule has 0 saturated heterocycles.